The third kappa shape index (κ3) is 2.85. The number of nitrogens with two attached hydrogens (primary N) is 1. The molecule has 0 saturated heterocycles. The zero-order valence-corrected chi connectivity index (χ0v) is 12.7. The molecule has 0 radical (unpaired) electrons. The highest BCUT2D eigenvalue weighted by atomic mass is 32.2. The van der Waals surface area contributed by atoms with E-state index in [0.717, 1.165) is 17.1 Å². The summed E-state index contributed by atoms with van der Waals surface area (Å²) < 4.78 is 2.16. The SMILES string of the molecule is Cc1c(N)cccc1SCc1ccn(C2CCCC2)n1. The van der Waals surface area contributed by atoms with Crippen LogP contribution in [0.4, 0.5) is 5.69 Å². The predicted octanol–water partition coefficient (Wildman–Crippen LogP) is 4.18. The number of benzene rings is 1. The van der Waals surface area contributed by atoms with Crippen molar-refractivity contribution in [2.45, 2.75) is 49.3 Å². The monoisotopic (exact) mass is 287 g/mol. The molecule has 0 unspecified atom stereocenters. The molecular formula is C16H21N3S. The van der Waals surface area contributed by atoms with Crippen molar-refractivity contribution in [1.82, 2.24) is 9.78 Å². The smallest absolute Gasteiger partial charge is 0.0727 e. The molecule has 0 bridgehead atoms. The zero-order chi connectivity index (χ0) is 13.9. The van der Waals surface area contributed by atoms with Gasteiger partial charge in [0.2, 0.25) is 0 Å². The summed E-state index contributed by atoms with van der Waals surface area (Å²) in [5, 5.41) is 4.72. The fourth-order valence-corrected chi connectivity index (χ4v) is 3.73. The normalized spacial score (nSPS) is 15.8. The Morgan fingerprint density at radius 3 is 2.90 bits per heavy atom. The van der Waals surface area contributed by atoms with Crippen molar-refractivity contribution in [3.8, 4) is 0 Å². The summed E-state index contributed by atoms with van der Waals surface area (Å²) in [7, 11) is 0. The van der Waals surface area contributed by atoms with E-state index in [1.54, 1.807) is 0 Å². The summed E-state index contributed by atoms with van der Waals surface area (Å²) in [6.45, 7) is 2.08. The largest absolute Gasteiger partial charge is 0.398 e. The Balaban J connectivity index is 1.65. The lowest BCUT2D eigenvalue weighted by Gasteiger charge is -2.09. The first-order chi connectivity index (χ1) is 9.74. The number of thioether (sulfide) groups is 1. The summed E-state index contributed by atoms with van der Waals surface area (Å²) >= 11 is 1.81. The highest BCUT2D eigenvalue weighted by molar-refractivity contribution is 7.98. The molecular weight excluding hydrogens is 266 g/mol. The fraction of sp³-hybridized carbons (Fsp3) is 0.438. The molecule has 1 saturated carbocycles. The van der Waals surface area contributed by atoms with E-state index in [2.05, 4.69) is 29.9 Å². The van der Waals surface area contributed by atoms with Gasteiger partial charge in [-0.15, -0.1) is 11.8 Å². The third-order valence-electron chi connectivity index (χ3n) is 4.06. The minimum Gasteiger partial charge on any atom is -0.398 e. The van der Waals surface area contributed by atoms with Crippen LogP contribution in [0.2, 0.25) is 0 Å². The zero-order valence-electron chi connectivity index (χ0n) is 11.9. The highest BCUT2D eigenvalue weighted by Crippen LogP contribution is 2.31. The van der Waals surface area contributed by atoms with Crippen LogP contribution in [0.25, 0.3) is 0 Å². The van der Waals surface area contributed by atoms with E-state index in [1.165, 1.54) is 36.1 Å². The lowest BCUT2D eigenvalue weighted by Crippen LogP contribution is -2.05. The van der Waals surface area contributed by atoms with Crippen LogP contribution in [0, 0.1) is 6.92 Å². The van der Waals surface area contributed by atoms with Crippen molar-refractivity contribution in [3.63, 3.8) is 0 Å². The van der Waals surface area contributed by atoms with Crippen LogP contribution in [0.5, 0.6) is 0 Å². The quantitative estimate of drug-likeness (QED) is 0.677. The van der Waals surface area contributed by atoms with Crippen LogP contribution < -0.4 is 5.73 Å². The van der Waals surface area contributed by atoms with Gasteiger partial charge in [-0.25, -0.2) is 0 Å². The Morgan fingerprint density at radius 2 is 2.10 bits per heavy atom. The van der Waals surface area contributed by atoms with Gasteiger partial charge in [-0.2, -0.15) is 5.10 Å². The van der Waals surface area contributed by atoms with Crippen molar-refractivity contribution < 1.29 is 0 Å². The van der Waals surface area contributed by atoms with E-state index in [1.807, 2.05) is 23.9 Å². The molecule has 1 fully saturated rings. The molecule has 2 aromatic rings. The average molecular weight is 287 g/mol. The number of rotatable bonds is 4. The molecule has 3 nitrogen and oxygen atoms in total. The minimum absolute atomic E-state index is 0.628. The first kappa shape index (κ1) is 13.6. The minimum atomic E-state index is 0.628. The Morgan fingerprint density at radius 1 is 1.30 bits per heavy atom. The number of nitrogen functional groups attached to an aromatic ring is 1. The van der Waals surface area contributed by atoms with Gasteiger partial charge in [0.25, 0.3) is 0 Å². The van der Waals surface area contributed by atoms with E-state index in [-0.39, 0.29) is 0 Å². The van der Waals surface area contributed by atoms with Crippen LogP contribution in [0.15, 0.2) is 35.4 Å². The molecule has 1 aliphatic carbocycles. The van der Waals surface area contributed by atoms with Crippen molar-refractivity contribution in [2.75, 3.05) is 5.73 Å². The van der Waals surface area contributed by atoms with Crippen molar-refractivity contribution in [2.24, 2.45) is 0 Å². The summed E-state index contributed by atoms with van der Waals surface area (Å²) in [6.07, 6.45) is 7.39. The molecule has 4 heteroatoms. The molecule has 1 heterocycles. The Hall–Kier alpha value is -1.42. The van der Waals surface area contributed by atoms with Crippen molar-refractivity contribution in [3.05, 3.63) is 41.7 Å². The number of hydrogen-bond donors (Lipinski definition) is 1. The molecule has 3 rings (SSSR count). The maximum atomic E-state index is 5.94. The van der Waals surface area contributed by atoms with Gasteiger partial charge in [0.05, 0.1) is 11.7 Å². The van der Waals surface area contributed by atoms with Gasteiger partial charge in [-0.05, 0) is 43.5 Å². The molecule has 1 aliphatic rings. The summed E-state index contributed by atoms with van der Waals surface area (Å²) in [5.41, 5.74) is 9.14. The van der Waals surface area contributed by atoms with Crippen LogP contribution >= 0.6 is 11.8 Å². The van der Waals surface area contributed by atoms with E-state index < -0.39 is 0 Å². The second kappa shape index (κ2) is 5.92. The number of nitrogens with zero attached hydrogens (tertiary/aromatic N) is 2. The van der Waals surface area contributed by atoms with Crippen LogP contribution in [-0.2, 0) is 5.75 Å². The van der Waals surface area contributed by atoms with Gasteiger partial charge >= 0.3 is 0 Å². The van der Waals surface area contributed by atoms with Gasteiger partial charge in [-0.1, -0.05) is 18.9 Å². The second-order valence-electron chi connectivity index (χ2n) is 5.48. The molecule has 106 valence electrons. The number of anilines is 1. The molecule has 0 atom stereocenters. The Labute approximate surface area is 124 Å². The van der Waals surface area contributed by atoms with E-state index >= 15 is 0 Å². The lowest BCUT2D eigenvalue weighted by molar-refractivity contribution is 0.464. The van der Waals surface area contributed by atoms with E-state index in [0.29, 0.717) is 6.04 Å². The van der Waals surface area contributed by atoms with Crippen LogP contribution in [-0.4, -0.2) is 9.78 Å². The second-order valence-corrected chi connectivity index (χ2v) is 6.50. The van der Waals surface area contributed by atoms with Gasteiger partial charge in [0, 0.05) is 22.5 Å². The Bertz CT molecular complexity index is 585. The fourth-order valence-electron chi connectivity index (χ4n) is 2.77. The summed E-state index contributed by atoms with van der Waals surface area (Å²) in [4.78, 5) is 1.25. The average Bonchev–Trinajstić information content (AvgIpc) is 3.10. The van der Waals surface area contributed by atoms with E-state index in [4.69, 9.17) is 10.8 Å². The van der Waals surface area contributed by atoms with Crippen molar-refractivity contribution >= 4 is 17.4 Å². The third-order valence-corrected chi connectivity index (χ3v) is 5.26. The molecule has 0 aliphatic heterocycles. The molecule has 0 spiro atoms. The molecule has 0 amide bonds. The van der Waals surface area contributed by atoms with Gasteiger partial charge in [0.15, 0.2) is 0 Å². The van der Waals surface area contributed by atoms with Gasteiger partial charge < -0.3 is 5.73 Å². The maximum Gasteiger partial charge on any atom is 0.0727 e. The standard InChI is InChI=1S/C16H21N3S/c1-12-15(17)7-4-8-16(12)20-11-13-9-10-19(18-13)14-5-2-3-6-14/h4,7-10,14H,2-3,5-6,11,17H2,1H3. The molecule has 1 aromatic heterocycles. The summed E-state index contributed by atoms with van der Waals surface area (Å²) in [6, 6.07) is 8.87. The molecule has 2 N–H and O–H groups in total. The first-order valence-electron chi connectivity index (χ1n) is 7.26. The maximum absolute atomic E-state index is 5.94. The number of hydrogen-bond acceptors (Lipinski definition) is 3. The first-order valence-corrected chi connectivity index (χ1v) is 8.24. The van der Waals surface area contributed by atoms with Gasteiger partial charge in [-0.3, -0.25) is 4.68 Å². The van der Waals surface area contributed by atoms with E-state index in [9.17, 15) is 0 Å². The lowest BCUT2D eigenvalue weighted by atomic mass is 10.2. The van der Waals surface area contributed by atoms with Gasteiger partial charge in [0.1, 0.15) is 0 Å². The van der Waals surface area contributed by atoms with Crippen LogP contribution in [0.3, 0.4) is 0 Å². The predicted molar refractivity (Wildman–Crippen MR) is 84.9 cm³/mol. The number of aromatic nitrogens is 2. The topological polar surface area (TPSA) is 43.8 Å². The molecule has 20 heavy (non-hydrogen) atoms. The van der Waals surface area contributed by atoms with Crippen LogP contribution in [0.1, 0.15) is 43.0 Å². The van der Waals surface area contributed by atoms with Crippen molar-refractivity contribution in [1.29, 1.82) is 0 Å². The highest BCUT2D eigenvalue weighted by Gasteiger charge is 2.17. The molecule has 1 aromatic carbocycles. The Kier molecular flexibility index (Phi) is 4.01. The summed E-state index contributed by atoms with van der Waals surface area (Å²) in [5.74, 6) is 0.907.